The minimum absolute atomic E-state index is 0.0740. The van der Waals surface area contributed by atoms with Crippen molar-refractivity contribution in [3.05, 3.63) is 132 Å². The highest BCUT2D eigenvalue weighted by atomic mass is 32.2. The maximum Gasteiger partial charge on any atom is 0.261 e. The van der Waals surface area contributed by atoms with E-state index in [-0.39, 0.29) is 10.9 Å². The van der Waals surface area contributed by atoms with E-state index in [1.807, 2.05) is 53.9 Å². The summed E-state index contributed by atoms with van der Waals surface area (Å²) in [5.74, 6) is -0.0740. The quantitative estimate of drug-likeness (QED) is 0.0900. The normalized spacial score (nSPS) is 12.2. The van der Waals surface area contributed by atoms with Crippen LogP contribution in [0, 0.1) is 0 Å². The first kappa shape index (κ1) is 28.6. The Labute approximate surface area is 238 Å². The first-order valence-electron chi connectivity index (χ1n) is 13.4. The van der Waals surface area contributed by atoms with Gasteiger partial charge >= 0.3 is 0 Å². The van der Waals surface area contributed by atoms with Crippen LogP contribution >= 0.6 is 11.8 Å². The molecule has 39 heavy (non-hydrogen) atoms. The number of para-hydroxylation sites is 1. The number of carbonyl (C=O) groups excluding carboxylic acids is 1. The summed E-state index contributed by atoms with van der Waals surface area (Å²) in [4.78, 5) is 14.4. The van der Waals surface area contributed by atoms with E-state index in [2.05, 4.69) is 98.9 Å². The van der Waals surface area contributed by atoms with Crippen LogP contribution in [0.1, 0.15) is 33.6 Å². The summed E-state index contributed by atoms with van der Waals surface area (Å²) in [7, 11) is -2.61. The Hall–Kier alpha value is -3.38. The van der Waals surface area contributed by atoms with Gasteiger partial charge in [0.25, 0.3) is 14.2 Å². The molecule has 0 atom stereocenters. The van der Waals surface area contributed by atoms with Crippen molar-refractivity contribution in [2.45, 2.75) is 43.5 Å². The molecule has 0 aliphatic rings. The Morgan fingerprint density at radius 3 is 1.77 bits per heavy atom. The van der Waals surface area contributed by atoms with Gasteiger partial charge in [-0.25, -0.2) is 0 Å². The van der Waals surface area contributed by atoms with Gasteiger partial charge in [0.1, 0.15) is 0 Å². The predicted octanol–water partition coefficient (Wildman–Crippen LogP) is 7.66. The first-order chi connectivity index (χ1) is 18.9. The van der Waals surface area contributed by atoms with Gasteiger partial charge in [-0.1, -0.05) is 130 Å². The Kier molecular flexibility index (Phi) is 9.99. The average molecular weight is 552 g/mol. The zero-order valence-electron chi connectivity index (χ0n) is 23.0. The van der Waals surface area contributed by atoms with E-state index in [1.165, 1.54) is 10.4 Å². The molecule has 0 unspecified atom stereocenters. The molecule has 0 heterocycles. The van der Waals surface area contributed by atoms with Crippen LogP contribution in [0.4, 0.5) is 5.69 Å². The summed E-state index contributed by atoms with van der Waals surface area (Å²) in [5.41, 5.74) is 1.54. The molecule has 0 aliphatic carbocycles. The van der Waals surface area contributed by atoms with E-state index < -0.39 is 8.32 Å². The van der Waals surface area contributed by atoms with E-state index in [1.54, 1.807) is 11.8 Å². The second-order valence-electron chi connectivity index (χ2n) is 10.5. The molecule has 4 aromatic rings. The number of hydrogen-bond donors (Lipinski definition) is 1. The SMILES string of the molecule is CC(C)(C)[Si](OCCC/C(=C\Sc1ccccc1)C(=O)Nc1ccccc1)(c1ccccc1)c1ccccc1. The molecule has 1 amide bonds. The lowest BCUT2D eigenvalue weighted by atomic mass is 10.1. The van der Waals surface area contributed by atoms with Gasteiger partial charge in [0.05, 0.1) is 0 Å². The van der Waals surface area contributed by atoms with Crippen LogP contribution < -0.4 is 15.7 Å². The molecule has 0 radical (unpaired) electrons. The van der Waals surface area contributed by atoms with Crippen molar-refractivity contribution in [3.63, 3.8) is 0 Å². The maximum absolute atomic E-state index is 13.3. The van der Waals surface area contributed by atoms with Gasteiger partial charge < -0.3 is 9.74 Å². The van der Waals surface area contributed by atoms with Crippen LogP contribution in [0.5, 0.6) is 0 Å². The molecule has 0 aromatic heterocycles. The largest absolute Gasteiger partial charge is 0.407 e. The summed E-state index contributed by atoms with van der Waals surface area (Å²) in [6.45, 7) is 7.43. The summed E-state index contributed by atoms with van der Waals surface area (Å²) >= 11 is 1.57. The minimum Gasteiger partial charge on any atom is -0.407 e. The molecular formula is C34H37NO2SSi. The lowest BCUT2D eigenvalue weighted by molar-refractivity contribution is -0.113. The molecule has 0 saturated carbocycles. The van der Waals surface area contributed by atoms with Gasteiger partial charge in [-0.2, -0.15) is 0 Å². The van der Waals surface area contributed by atoms with Crippen LogP contribution in [0.15, 0.2) is 137 Å². The highest BCUT2D eigenvalue weighted by molar-refractivity contribution is 8.02. The van der Waals surface area contributed by atoms with E-state index >= 15 is 0 Å². The molecule has 5 heteroatoms. The molecule has 200 valence electrons. The van der Waals surface area contributed by atoms with E-state index in [9.17, 15) is 4.79 Å². The first-order valence-corrected chi connectivity index (χ1v) is 16.2. The fourth-order valence-electron chi connectivity index (χ4n) is 4.85. The van der Waals surface area contributed by atoms with Gasteiger partial charge in [0.15, 0.2) is 0 Å². The van der Waals surface area contributed by atoms with Crippen molar-refractivity contribution in [2.75, 3.05) is 11.9 Å². The molecule has 0 spiro atoms. The number of benzene rings is 4. The summed E-state index contributed by atoms with van der Waals surface area (Å²) in [6.07, 6.45) is 1.37. The number of rotatable bonds is 11. The second-order valence-corrected chi connectivity index (χ2v) is 15.8. The van der Waals surface area contributed by atoms with Gasteiger partial charge in [0, 0.05) is 22.8 Å². The smallest absolute Gasteiger partial charge is 0.261 e. The zero-order chi connectivity index (χ0) is 27.6. The number of anilines is 1. The summed E-state index contributed by atoms with van der Waals surface area (Å²) in [5, 5.41) is 7.49. The fraction of sp³-hybridized carbons (Fsp3) is 0.206. The molecule has 1 N–H and O–H groups in total. The lowest BCUT2D eigenvalue weighted by Crippen LogP contribution is -2.66. The molecule has 4 rings (SSSR count). The van der Waals surface area contributed by atoms with E-state index in [4.69, 9.17) is 4.43 Å². The van der Waals surface area contributed by atoms with Gasteiger partial charge in [-0.3, -0.25) is 4.79 Å². The molecule has 3 nitrogen and oxygen atoms in total. The number of carbonyl (C=O) groups is 1. The second kappa shape index (κ2) is 13.6. The van der Waals surface area contributed by atoms with Gasteiger partial charge in [0.2, 0.25) is 0 Å². The van der Waals surface area contributed by atoms with Crippen molar-refractivity contribution in [1.82, 2.24) is 0 Å². The van der Waals surface area contributed by atoms with E-state index in [0.29, 0.717) is 13.0 Å². The van der Waals surface area contributed by atoms with E-state index in [0.717, 1.165) is 22.6 Å². The molecule has 0 bridgehead atoms. The van der Waals surface area contributed by atoms with Crippen LogP contribution in [0.3, 0.4) is 0 Å². The standard InChI is InChI=1S/C34H37NO2SSi/c1-34(2,3)39(31-22-12-6-13-23-31,32-24-14-7-15-25-32)37-26-16-17-28(27-38-30-20-10-5-11-21-30)33(36)35-29-18-8-4-9-19-29/h4-15,18-25,27H,16-17,26H2,1-3H3,(H,35,36)/b28-27+. The molecule has 4 aromatic carbocycles. The highest BCUT2D eigenvalue weighted by Gasteiger charge is 2.49. The average Bonchev–Trinajstić information content (AvgIpc) is 2.96. The van der Waals surface area contributed by atoms with Crippen molar-refractivity contribution in [2.24, 2.45) is 0 Å². The zero-order valence-corrected chi connectivity index (χ0v) is 24.8. The van der Waals surface area contributed by atoms with Crippen molar-refractivity contribution in [3.8, 4) is 0 Å². The Morgan fingerprint density at radius 2 is 1.26 bits per heavy atom. The third-order valence-electron chi connectivity index (χ3n) is 6.73. The molecular weight excluding hydrogens is 515 g/mol. The van der Waals surface area contributed by atoms with Gasteiger partial charge in [-0.15, -0.1) is 0 Å². The third-order valence-corrected chi connectivity index (χ3v) is 12.7. The number of thioether (sulfide) groups is 1. The Bertz CT molecular complexity index is 1300. The number of amides is 1. The minimum atomic E-state index is -2.61. The Balaban J connectivity index is 1.54. The predicted molar refractivity (Wildman–Crippen MR) is 168 cm³/mol. The Morgan fingerprint density at radius 1 is 0.769 bits per heavy atom. The summed E-state index contributed by atoms with van der Waals surface area (Å²) < 4.78 is 7.05. The van der Waals surface area contributed by atoms with Crippen molar-refractivity contribution >= 4 is 42.0 Å². The van der Waals surface area contributed by atoms with Crippen LogP contribution in [-0.4, -0.2) is 20.8 Å². The molecule has 0 fully saturated rings. The van der Waals surface area contributed by atoms with Crippen LogP contribution in [0.25, 0.3) is 0 Å². The van der Waals surface area contributed by atoms with Crippen LogP contribution in [0.2, 0.25) is 5.04 Å². The summed E-state index contributed by atoms with van der Waals surface area (Å²) in [6, 6.07) is 41.1. The monoisotopic (exact) mass is 551 g/mol. The maximum atomic E-state index is 13.3. The molecule has 0 saturated heterocycles. The lowest BCUT2D eigenvalue weighted by Gasteiger charge is -2.43. The highest BCUT2D eigenvalue weighted by Crippen LogP contribution is 2.37. The van der Waals surface area contributed by atoms with Crippen molar-refractivity contribution < 1.29 is 9.22 Å². The fourth-order valence-corrected chi connectivity index (χ4v) is 10.3. The van der Waals surface area contributed by atoms with Crippen molar-refractivity contribution in [1.29, 1.82) is 0 Å². The van der Waals surface area contributed by atoms with Crippen LogP contribution in [-0.2, 0) is 9.22 Å². The van der Waals surface area contributed by atoms with Gasteiger partial charge in [-0.05, 0) is 57.9 Å². The number of nitrogens with one attached hydrogen (secondary N) is 1. The number of hydrogen-bond acceptors (Lipinski definition) is 3. The third kappa shape index (κ3) is 7.39. The molecule has 0 aliphatic heterocycles. The topological polar surface area (TPSA) is 38.3 Å².